The van der Waals surface area contributed by atoms with Crippen molar-refractivity contribution in [3.05, 3.63) is 10.4 Å². The molecule has 0 aromatic rings. The van der Waals surface area contributed by atoms with Gasteiger partial charge in [-0.2, -0.15) is 0 Å². The number of carbonyl (C=O) groups is 1. The Hall–Kier alpha value is -1.34. The number of carboxylic acids is 1. The van der Waals surface area contributed by atoms with Crippen molar-refractivity contribution in [3.63, 3.8) is 0 Å². The Morgan fingerprint density at radius 1 is 1.54 bits per heavy atom. The van der Waals surface area contributed by atoms with Crippen molar-refractivity contribution in [2.75, 3.05) is 6.61 Å². The number of carboxylic acid groups (broad SMARTS) is 1. The fraction of sp³-hybridized carbons (Fsp3) is 0.800. The van der Waals surface area contributed by atoms with E-state index in [0.717, 1.165) is 0 Å². The Balaban J connectivity index is 4.54. The molecule has 0 aromatic carbocycles. The summed E-state index contributed by atoms with van der Waals surface area (Å²) in [5, 5.41) is 37.4. The molecule has 0 fully saturated rings. The second kappa shape index (κ2) is 5.33. The van der Waals surface area contributed by atoms with Crippen molar-refractivity contribution in [2.24, 2.45) is 5.11 Å². The summed E-state index contributed by atoms with van der Waals surface area (Å²) < 4.78 is 0. The van der Waals surface area contributed by atoms with Crippen LogP contribution in [-0.4, -0.2) is 51.3 Å². The monoisotopic (exact) mass is 191 g/mol. The van der Waals surface area contributed by atoms with E-state index in [0.29, 0.717) is 0 Å². The minimum atomic E-state index is -1.82. The van der Waals surface area contributed by atoms with Gasteiger partial charge >= 0.3 is 5.97 Å². The molecule has 0 unspecified atom stereocenters. The molecular weight excluding hydrogens is 182 g/mol. The van der Waals surface area contributed by atoms with E-state index in [4.69, 9.17) is 26.0 Å². The molecule has 0 aliphatic rings. The van der Waals surface area contributed by atoms with Crippen LogP contribution in [0.25, 0.3) is 10.4 Å². The number of rotatable bonds is 5. The number of hydrogen-bond donors (Lipinski definition) is 4. The molecule has 0 amide bonds. The van der Waals surface area contributed by atoms with Crippen LogP contribution in [0, 0.1) is 0 Å². The molecule has 74 valence electrons. The van der Waals surface area contributed by atoms with Gasteiger partial charge in [-0.05, 0) is 5.53 Å². The maximum Gasteiger partial charge on any atom is 0.315 e. The van der Waals surface area contributed by atoms with Crippen LogP contribution in [0.3, 0.4) is 0 Å². The summed E-state index contributed by atoms with van der Waals surface area (Å²) in [6.07, 6.45) is -3.47. The van der Waals surface area contributed by atoms with Crippen molar-refractivity contribution in [1.82, 2.24) is 0 Å². The number of aliphatic hydroxyl groups is 3. The topological polar surface area (TPSA) is 147 Å². The molecule has 8 nitrogen and oxygen atoms in total. The molecule has 0 radical (unpaired) electrons. The molecule has 0 saturated heterocycles. The van der Waals surface area contributed by atoms with Gasteiger partial charge in [0.15, 0.2) is 6.04 Å². The number of aliphatic hydroxyl groups excluding tert-OH is 3. The highest BCUT2D eigenvalue weighted by atomic mass is 16.4. The normalized spacial score (nSPS) is 16.8. The average molecular weight is 191 g/mol. The molecule has 13 heavy (non-hydrogen) atoms. The highest BCUT2D eigenvalue weighted by molar-refractivity contribution is 5.74. The summed E-state index contributed by atoms with van der Waals surface area (Å²) in [6.45, 7) is -0.814. The first-order valence-corrected chi connectivity index (χ1v) is 3.28. The highest BCUT2D eigenvalue weighted by Gasteiger charge is 2.30. The third-order valence-electron chi connectivity index (χ3n) is 1.33. The molecule has 0 aliphatic carbocycles. The number of nitrogens with zero attached hydrogens (tertiary/aromatic N) is 3. The Bertz CT molecular complexity index is 224. The Kier molecular flexibility index (Phi) is 4.78. The summed E-state index contributed by atoms with van der Waals surface area (Å²) in [5.74, 6) is -1.57. The molecular formula is C5H9N3O5. The van der Waals surface area contributed by atoms with Gasteiger partial charge in [-0.25, -0.2) is 0 Å². The zero-order valence-corrected chi connectivity index (χ0v) is 6.48. The second-order valence-electron chi connectivity index (χ2n) is 2.23. The Labute approximate surface area is 72.7 Å². The lowest BCUT2D eigenvalue weighted by molar-refractivity contribution is -0.144. The molecule has 0 heterocycles. The maximum atomic E-state index is 10.3. The lowest BCUT2D eigenvalue weighted by atomic mass is 10.1. The van der Waals surface area contributed by atoms with Gasteiger partial charge < -0.3 is 20.4 Å². The van der Waals surface area contributed by atoms with E-state index >= 15 is 0 Å². The fourth-order valence-electron chi connectivity index (χ4n) is 0.638. The standard InChI is InChI=1S/C5H9N3O5/c6-8-7-3(5(12)13)4(11)2(10)1-9/h2-4,9-11H,1H2,(H,12,13)/t2-,3-,4+/m1/s1. The van der Waals surface area contributed by atoms with Crippen molar-refractivity contribution in [2.45, 2.75) is 18.2 Å². The van der Waals surface area contributed by atoms with Crippen LogP contribution in [0.4, 0.5) is 0 Å². The van der Waals surface area contributed by atoms with Gasteiger partial charge in [0.05, 0.1) is 6.61 Å². The van der Waals surface area contributed by atoms with E-state index in [2.05, 4.69) is 10.0 Å². The zero-order chi connectivity index (χ0) is 10.4. The van der Waals surface area contributed by atoms with Crippen LogP contribution in [-0.2, 0) is 4.79 Å². The van der Waals surface area contributed by atoms with Crippen molar-refractivity contribution in [1.29, 1.82) is 0 Å². The largest absolute Gasteiger partial charge is 0.481 e. The minimum Gasteiger partial charge on any atom is -0.481 e. The molecule has 3 atom stereocenters. The third-order valence-corrected chi connectivity index (χ3v) is 1.33. The molecule has 0 aliphatic heterocycles. The number of aliphatic carboxylic acids is 1. The number of azide groups is 1. The van der Waals surface area contributed by atoms with E-state index in [-0.39, 0.29) is 0 Å². The van der Waals surface area contributed by atoms with Gasteiger partial charge in [0.1, 0.15) is 12.2 Å². The minimum absolute atomic E-state index is 0.814. The van der Waals surface area contributed by atoms with Crippen LogP contribution in [0.5, 0.6) is 0 Å². The molecule has 0 spiro atoms. The van der Waals surface area contributed by atoms with Gasteiger partial charge in [0.25, 0.3) is 0 Å². The smallest absolute Gasteiger partial charge is 0.315 e. The molecule has 4 N–H and O–H groups in total. The third kappa shape index (κ3) is 3.26. The van der Waals surface area contributed by atoms with Crippen molar-refractivity contribution < 1.29 is 25.2 Å². The Morgan fingerprint density at radius 2 is 2.08 bits per heavy atom. The van der Waals surface area contributed by atoms with Gasteiger partial charge in [-0.1, -0.05) is 5.11 Å². The van der Waals surface area contributed by atoms with E-state index in [1.165, 1.54) is 0 Å². The molecule has 0 rings (SSSR count). The summed E-state index contributed by atoms with van der Waals surface area (Å²) >= 11 is 0. The van der Waals surface area contributed by atoms with Crippen LogP contribution < -0.4 is 0 Å². The van der Waals surface area contributed by atoms with E-state index in [1.54, 1.807) is 0 Å². The first-order valence-electron chi connectivity index (χ1n) is 3.28. The van der Waals surface area contributed by atoms with Crippen LogP contribution in [0.15, 0.2) is 5.11 Å². The summed E-state index contributed by atoms with van der Waals surface area (Å²) in [4.78, 5) is 12.5. The molecule has 0 bridgehead atoms. The van der Waals surface area contributed by atoms with Gasteiger partial charge in [-0.15, -0.1) is 0 Å². The summed E-state index contributed by atoms with van der Waals surface area (Å²) in [7, 11) is 0. The van der Waals surface area contributed by atoms with Crippen molar-refractivity contribution >= 4 is 5.97 Å². The van der Waals surface area contributed by atoms with Crippen LogP contribution in [0.1, 0.15) is 0 Å². The lowest BCUT2D eigenvalue weighted by Crippen LogP contribution is -2.42. The van der Waals surface area contributed by atoms with Crippen LogP contribution in [0.2, 0.25) is 0 Å². The lowest BCUT2D eigenvalue weighted by Gasteiger charge is -2.18. The van der Waals surface area contributed by atoms with Gasteiger partial charge in [0, 0.05) is 4.91 Å². The zero-order valence-electron chi connectivity index (χ0n) is 6.48. The van der Waals surface area contributed by atoms with E-state index in [9.17, 15) is 4.79 Å². The van der Waals surface area contributed by atoms with Gasteiger partial charge in [0.2, 0.25) is 0 Å². The molecule has 8 heteroatoms. The fourth-order valence-corrected chi connectivity index (χ4v) is 0.638. The molecule has 0 saturated carbocycles. The first-order chi connectivity index (χ1) is 6.04. The van der Waals surface area contributed by atoms with E-state index in [1.807, 2.05) is 0 Å². The van der Waals surface area contributed by atoms with E-state index < -0.39 is 30.8 Å². The highest BCUT2D eigenvalue weighted by Crippen LogP contribution is 2.04. The maximum absolute atomic E-state index is 10.3. The predicted molar refractivity (Wildman–Crippen MR) is 39.7 cm³/mol. The predicted octanol–water partition coefficient (Wildman–Crippen LogP) is -1.54. The summed E-state index contributed by atoms with van der Waals surface area (Å²) in [5.41, 5.74) is 7.93. The quantitative estimate of drug-likeness (QED) is 0.236. The molecule has 0 aromatic heterocycles. The average Bonchev–Trinajstić information content (AvgIpc) is 2.11. The number of hydrogen-bond acceptors (Lipinski definition) is 5. The SMILES string of the molecule is [N-]=[N+]=N[C@@H](C(=O)O)[C@@H](O)[C@H](O)CO. The van der Waals surface area contributed by atoms with Gasteiger partial charge in [-0.3, -0.25) is 4.79 Å². The Morgan fingerprint density at radius 3 is 2.38 bits per heavy atom. The second-order valence-corrected chi connectivity index (χ2v) is 2.23. The summed E-state index contributed by atoms with van der Waals surface area (Å²) in [6, 6.07) is -1.80. The van der Waals surface area contributed by atoms with Crippen molar-refractivity contribution in [3.8, 4) is 0 Å². The first kappa shape index (κ1) is 11.7. The van der Waals surface area contributed by atoms with Crippen LogP contribution >= 0.6 is 0 Å².